The summed E-state index contributed by atoms with van der Waals surface area (Å²) in [6.45, 7) is 0.631. The fourth-order valence-electron chi connectivity index (χ4n) is 2.48. The van der Waals surface area contributed by atoms with Crippen molar-refractivity contribution in [2.75, 3.05) is 13.1 Å². The molecule has 1 aromatic carbocycles. The van der Waals surface area contributed by atoms with Crippen molar-refractivity contribution in [1.82, 2.24) is 9.88 Å². The molecular formula is C18H15ClN2O2. The summed E-state index contributed by atoms with van der Waals surface area (Å²) >= 11 is 5.92. The second-order valence-electron chi connectivity index (χ2n) is 5.48. The van der Waals surface area contributed by atoms with E-state index < -0.39 is 5.60 Å². The van der Waals surface area contributed by atoms with Crippen molar-refractivity contribution in [3.05, 3.63) is 64.9 Å². The molecule has 1 aliphatic rings. The molecule has 2 heterocycles. The van der Waals surface area contributed by atoms with Gasteiger partial charge >= 0.3 is 0 Å². The minimum atomic E-state index is -1.20. The average molecular weight is 327 g/mol. The Kier molecular flexibility index (Phi) is 4.33. The third-order valence-electron chi connectivity index (χ3n) is 3.68. The molecule has 1 atom stereocenters. The largest absolute Gasteiger partial charge is 0.376 e. The van der Waals surface area contributed by atoms with E-state index in [0.29, 0.717) is 23.7 Å². The number of halogens is 1. The lowest BCUT2D eigenvalue weighted by atomic mass is 10.0. The zero-order valence-corrected chi connectivity index (χ0v) is 13.1. The molecular weight excluding hydrogens is 312 g/mol. The highest BCUT2D eigenvalue weighted by molar-refractivity contribution is 6.30. The van der Waals surface area contributed by atoms with E-state index in [1.165, 1.54) is 0 Å². The average Bonchev–Trinajstić information content (AvgIpc) is 2.96. The molecule has 3 rings (SSSR count). The van der Waals surface area contributed by atoms with Gasteiger partial charge in [0.15, 0.2) is 0 Å². The van der Waals surface area contributed by atoms with E-state index in [-0.39, 0.29) is 12.5 Å². The van der Waals surface area contributed by atoms with Crippen LogP contribution in [0.15, 0.2) is 48.7 Å². The maximum absolute atomic E-state index is 12.3. The number of carbonyl (C=O) groups is 1. The number of benzene rings is 1. The number of likely N-dealkylation sites (tertiary alicyclic amines) is 1. The van der Waals surface area contributed by atoms with Crippen LogP contribution in [0.2, 0.25) is 5.02 Å². The monoisotopic (exact) mass is 326 g/mol. The summed E-state index contributed by atoms with van der Waals surface area (Å²) in [5.74, 6) is 5.61. The SMILES string of the molecule is O=C(c1ccccn1)N1CCC(O)(C#Cc2cccc(Cl)c2)C1. The molecule has 4 nitrogen and oxygen atoms in total. The second-order valence-corrected chi connectivity index (χ2v) is 5.92. The third-order valence-corrected chi connectivity index (χ3v) is 3.92. The summed E-state index contributed by atoms with van der Waals surface area (Å²) in [6.07, 6.45) is 1.99. The highest BCUT2D eigenvalue weighted by atomic mass is 35.5. The van der Waals surface area contributed by atoms with E-state index in [1.54, 1.807) is 41.4 Å². The molecule has 2 aromatic rings. The Balaban J connectivity index is 1.73. The smallest absolute Gasteiger partial charge is 0.272 e. The third kappa shape index (κ3) is 3.70. The molecule has 1 fully saturated rings. The van der Waals surface area contributed by atoms with E-state index >= 15 is 0 Å². The number of β-amino-alcohol motifs (C(OH)–C–C–N with tert-alkyl or cyclic N) is 1. The van der Waals surface area contributed by atoms with Crippen LogP contribution in [0.1, 0.15) is 22.5 Å². The van der Waals surface area contributed by atoms with Crippen molar-refractivity contribution < 1.29 is 9.90 Å². The Morgan fingerprint density at radius 1 is 1.30 bits per heavy atom. The van der Waals surface area contributed by atoms with Crippen molar-refractivity contribution >= 4 is 17.5 Å². The Hall–Kier alpha value is -2.35. The van der Waals surface area contributed by atoms with E-state index in [1.807, 2.05) is 12.1 Å². The van der Waals surface area contributed by atoms with Crippen LogP contribution in [0.5, 0.6) is 0 Å². The lowest BCUT2D eigenvalue weighted by molar-refractivity contribution is 0.0702. The second kappa shape index (κ2) is 6.41. The topological polar surface area (TPSA) is 53.4 Å². The van der Waals surface area contributed by atoms with Crippen molar-refractivity contribution in [2.24, 2.45) is 0 Å². The molecule has 5 heteroatoms. The van der Waals surface area contributed by atoms with Gasteiger partial charge in [-0.05, 0) is 30.3 Å². The molecule has 116 valence electrons. The normalized spacial score (nSPS) is 20.0. The predicted octanol–water partition coefficient (Wildman–Crippen LogP) is 2.36. The Labute approximate surface area is 139 Å². The van der Waals surface area contributed by atoms with Gasteiger partial charge in [-0.25, -0.2) is 0 Å². The van der Waals surface area contributed by atoms with E-state index in [2.05, 4.69) is 16.8 Å². The van der Waals surface area contributed by atoms with Gasteiger partial charge in [0.25, 0.3) is 5.91 Å². The highest BCUT2D eigenvalue weighted by Crippen LogP contribution is 2.22. The number of pyridine rings is 1. The van der Waals surface area contributed by atoms with Gasteiger partial charge in [-0.15, -0.1) is 0 Å². The molecule has 1 N–H and O–H groups in total. The minimum absolute atomic E-state index is 0.177. The molecule has 1 saturated heterocycles. The first kappa shape index (κ1) is 15.5. The van der Waals surface area contributed by atoms with Crippen LogP contribution in [0.3, 0.4) is 0 Å². The maximum Gasteiger partial charge on any atom is 0.272 e. The van der Waals surface area contributed by atoms with Gasteiger partial charge in [0.1, 0.15) is 11.3 Å². The molecule has 1 aromatic heterocycles. The first-order chi connectivity index (χ1) is 11.1. The maximum atomic E-state index is 12.3. The number of nitrogens with zero attached hydrogens (tertiary/aromatic N) is 2. The summed E-state index contributed by atoms with van der Waals surface area (Å²) in [7, 11) is 0. The number of aromatic nitrogens is 1. The van der Waals surface area contributed by atoms with Gasteiger partial charge in [-0.1, -0.05) is 35.6 Å². The summed E-state index contributed by atoms with van der Waals surface area (Å²) in [6, 6.07) is 12.3. The molecule has 1 aliphatic heterocycles. The number of amides is 1. The quantitative estimate of drug-likeness (QED) is 0.819. The zero-order valence-electron chi connectivity index (χ0n) is 12.4. The molecule has 23 heavy (non-hydrogen) atoms. The Morgan fingerprint density at radius 3 is 2.91 bits per heavy atom. The van der Waals surface area contributed by atoms with Gasteiger partial charge in [0.2, 0.25) is 0 Å². The molecule has 1 amide bonds. The van der Waals surface area contributed by atoms with Crippen LogP contribution in [0.4, 0.5) is 0 Å². The van der Waals surface area contributed by atoms with Crippen LogP contribution >= 0.6 is 11.6 Å². The van der Waals surface area contributed by atoms with Crippen molar-refractivity contribution in [1.29, 1.82) is 0 Å². The van der Waals surface area contributed by atoms with Crippen LogP contribution in [-0.4, -0.2) is 39.6 Å². The molecule has 1 unspecified atom stereocenters. The van der Waals surface area contributed by atoms with Crippen LogP contribution < -0.4 is 0 Å². The number of carbonyl (C=O) groups excluding carboxylic acids is 1. The number of rotatable bonds is 1. The fourth-order valence-corrected chi connectivity index (χ4v) is 2.67. The van der Waals surface area contributed by atoms with Crippen LogP contribution in [0, 0.1) is 11.8 Å². The van der Waals surface area contributed by atoms with Crippen molar-refractivity contribution in [3.63, 3.8) is 0 Å². The van der Waals surface area contributed by atoms with E-state index in [4.69, 9.17) is 11.6 Å². The van der Waals surface area contributed by atoms with E-state index in [9.17, 15) is 9.90 Å². The molecule has 0 aliphatic carbocycles. The van der Waals surface area contributed by atoms with E-state index in [0.717, 1.165) is 5.56 Å². The molecule has 0 bridgehead atoms. The number of hydrogen-bond donors (Lipinski definition) is 1. The standard InChI is InChI=1S/C18H15ClN2O2/c19-15-5-3-4-14(12-15)7-8-18(23)9-11-21(13-18)17(22)16-6-1-2-10-20-16/h1-6,10,12,23H,9,11,13H2. The van der Waals surface area contributed by atoms with Crippen molar-refractivity contribution in [3.8, 4) is 11.8 Å². The van der Waals surface area contributed by atoms with Gasteiger partial charge in [-0.3, -0.25) is 9.78 Å². The first-order valence-corrected chi connectivity index (χ1v) is 7.65. The van der Waals surface area contributed by atoms with Gasteiger partial charge in [0, 0.05) is 29.7 Å². The van der Waals surface area contributed by atoms with Crippen LogP contribution in [0.25, 0.3) is 0 Å². The van der Waals surface area contributed by atoms with Gasteiger partial charge < -0.3 is 10.0 Å². The molecule has 0 spiro atoms. The minimum Gasteiger partial charge on any atom is -0.376 e. The summed E-state index contributed by atoms with van der Waals surface area (Å²) in [5.41, 5.74) is -0.0905. The van der Waals surface area contributed by atoms with Crippen molar-refractivity contribution in [2.45, 2.75) is 12.0 Å². The summed E-state index contributed by atoms with van der Waals surface area (Å²) in [5, 5.41) is 11.2. The van der Waals surface area contributed by atoms with Gasteiger partial charge in [-0.2, -0.15) is 0 Å². The Bertz CT molecular complexity index is 782. The summed E-state index contributed by atoms with van der Waals surface area (Å²) in [4.78, 5) is 18.0. The molecule has 0 saturated carbocycles. The lowest BCUT2D eigenvalue weighted by Gasteiger charge is -2.18. The lowest BCUT2D eigenvalue weighted by Crippen LogP contribution is -2.35. The van der Waals surface area contributed by atoms with Crippen LogP contribution in [-0.2, 0) is 0 Å². The zero-order chi connectivity index (χ0) is 16.3. The molecule has 0 radical (unpaired) electrons. The summed E-state index contributed by atoms with van der Waals surface area (Å²) < 4.78 is 0. The Morgan fingerprint density at radius 2 is 2.17 bits per heavy atom. The first-order valence-electron chi connectivity index (χ1n) is 7.27. The number of hydrogen-bond acceptors (Lipinski definition) is 3. The fraction of sp³-hybridized carbons (Fsp3) is 0.222. The van der Waals surface area contributed by atoms with Gasteiger partial charge in [0.05, 0.1) is 6.54 Å². The highest BCUT2D eigenvalue weighted by Gasteiger charge is 2.37. The number of aliphatic hydroxyl groups is 1. The predicted molar refractivity (Wildman–Crippen MR) is 88.0 cm³/mol.